The first-order valence-electron chi connectivity index (χ1n) is 11.0. The Morgan fingerprint density at radius 3 is 2.45 bits per heavy atom. The maximum absolute atomic E-state index is 11.5. The Morgan fingerprint density at radius 2 is 1.73 bits per heavy atom. The number of halogens is 1. The summed E-state index contributed by atoms with van der Waals surface area (Å²) < 4.78 is 5.04. The first kappa shape index (κ1) is 23.2. The Labute approximate surface area is 203 Å². The zero-order chi connectivity index (χ0) is 23.1. The van der Waals surface area contributed by atoms with Crippen LogP contribution in [-0.4, -0.2) is 18.2 Å². The molecule has 1 atom stereocenters. The molecule has 0 bridgehead atoms. The molecule has 4 rings (SSSR count). The monoisotopic (exact) mass is 476 g/mol. The summed E-state index contributed by atoms with van der Waals surface area (Å²) in [6.45, 7) is 0.214. The molecule has 3 aromatic rings. The van der Waals surface area contributed by atoms with Crippen LogP contribution in [0.3, 0.4) is 0 Å². The van der Waals surface area contributed by atoms with E-state index in [9.17, 15) is 4.79 Å². The molecular weight excluding hydrogens is 452 g/mol. The standard InChI is InChI=1S/C27H25ClN2O2S/c28-25-18-24(12-11-22(25)13-14-27(15-16-29)19-32-26(31)30-27)33-23-8-4-7-21(17-23)10-9-20-5-2-1-3-6-20/h1-8,11-12,17-18H,9-10,13-15,19H2,(H,30,31). The highest BCUT2D eigenvalue weighted by molar-refractivity contribution is 7.99. The van der Waals surface area contributed by atoms with Crippen molar-refractivity contribution >= 4 is 29.5 Å². The number of amides is 1. The van der Waals surface area contributed by atoms with Gasteiger partial charge in [-0.25, -0.2) is 4.79 Å². The maximum atomic E-state index is 11.5. The molecule has 168 valence electrons. The molecule has 1 unspecified atom stereocenters. The smallest absolute Gasteiger partial charge is 0.407 e. The average molecular weight is 477 g/mol. The van der Waals surface area contributed by atoms with Crippen LogP contribution in [-0.2, 0) is 24.0 Å². The summed E-state index contributed by atoms with van der Waals surface area (Å²) in [6, 6.07) is 27.4. The van der Waals surface area contributed by atoms with Gasteiger partial charge in [0.2, 0.25) is 0 Å². The Bertz CT molecular complexity index is 1160. The number of carbonyl (C=O) groups excluding carboxylic acids is 1. The molecule has 4 nitrogen and oxygen atoms in total. The summed E-state index contributed by atoms with van der Waals surface area (Å²) >= 11 is 8.28. The van der Waals surface area contributed by atoms with Gasteiger partial charge in [0.1, 0.15) is 6.61 Å². The van der Waals surface area contributed by atoms with E-state index in [1.54, 1.807) is 11.8 Å². The lowest BCUT2D eigenvalue weighted by molar-refractivity contribution is 0.171. The Hall–Kier alpha value is -2.94. The van der Waals surface area contributed by atoms with Crippen LogP contribution in [0.15, 0.2) is 82.6 Å². The van der Waals surface area contributed by atoms with E-state index >= 15 is 0 Å². The van der Waals surface area contributed by atoms with Crippen LogP contribution in [0.2, 0.25) is 5.02 Å². The largest absolute Gasteiger partial charge is 0.447 e. The van der Waals surface area contributed by atoms with Gasteiger partial charge >= 0.3 is 6.09 Å². The van der Waals surface area contributed by atoms with Crippen LogP contribution in [0.4, 0.5) is 4.79 Å². The Balaban J connectivity index is 1.37. The van der Waals surface area contributed by atoms with Crippen molar-refractivity contribution in [2.75, 3.05) is 6.61 Å². The van der Waals surface area contributed by atoms with Crippen molar-refractivity contribution in [3.8, 4) is 6.07 Å². The number of nitrogens with zero attached hydrogens (tertiary/aromatic N) is 1. The number of hydrogen-bond donors (Lipinski definition) is 1. The van der Waals surface area contributed by atoms with E-state index in [1.807, 2.05) is 18.2 Å². The number of benzene rings is 3. The second-order valence-electron chi connectivity index (χ2n) is 8.30. The number of hydrogen-bond acceptors (Lipinski definition) is 4. The van der Waals surface area contributed by atoms with Crippen molar-refractivity contribution in [1.29, 1.82) is 5.26 Å². The number of aryl methyl sites for hydroxylation is 3. The minimum atomic E-state index is -0.636. The summed E-state index contributed by atoms with van der Waals surface area (Å²) in [7, 11) is 0. The van der Waals surface area contributed by atoms with Crippen molar-refractivity contribution in [3.63, 3.8) is 0 Å². The predicted molar refractivity (Wildman–Crippen MR) is 132 cm³/mol. The molecular formula is C27H25ClN2O2S. The van der Waals surface area contributed by atoms with Gasteiger partial charge in [0.05, 0.1) is 18.0 Å². The quantitative estimate of drug-likeness (QED) is 0.378. The average Bonchev–Trinajstić information content (AvgIpc) is 3.19. The SMILES string of the molecule is N#CCC1(CCc2ccc(Sc3cccc(CCc4ccccc4)c3)cc2Cl)COC(=O)N1. The molecule has 0 radical (unpaired) electrons. The molecule has 33 heavy (non-hydrogen) atoms. The van der Waals surface area contributed by atoms with Crippen molar-refractivity contribution in [1.82, 2.24) is 5.32 Å². The molecule has 1 N–H and O–H groups in total. The molecule has 0 spiro atoms. The lowest BCUT2D eigenvalue weighted by atomic mass is 9.90. The lowest BCUT2D eigenvalue weighted by Crippen LogP contribution is -2.43. The highest BCUT2D eigenvalue weighted by Gasteiger charge is 2.39. The van der Waals surface area contributed by atoms with E-state index in [2.05, 4.69) is 66.0 Å². The molecule has 0 saturated carbocycles. The summed E-state index contributed by atoms with van der Waals surface area (Å²) in [4.78, 5) is 13.8. The zero-order valence-corrected chi connectivity index (χ0v) is 19.8. The number of carbonyl (C=O) groups is 1. The third-order valence-corrected chi connectivity index (χ3v) is 7.17. The van der Waals surface area contributed by atoms with Gasteiger partial charge in [0.15, 0.2) is 0 Å². The molecule has 1 saturated heterocycles. The Kier molecular flexibility index (Phi) is 7.59. The first-order chi connectivity index (χ1) is 16.0. The van der Waals surface area contributed by atoms with Crippen LogP contribution in [0, 0.1) is 11.3 Å². The number of cyclic esters (lactones) is 1. The fourth-order valence-electron chi connectivity index (χ4n) is 3.96. The lowest BCUT2D eigenvalue weighted by Gasteiger charge is -2.23. The van der Waals surface area contributed by atoms with E-state index in [0.29, 0.717) is 17.9 Å². The normalized spacial score (nSPS) is 17.3. The number of nitriles is 1. The third-order valence-electron chi connectivity index (χ3n) is 5.84. The number of alkyl carbamates (subject to hydrolysis) is 1. The van der Waals surface area contributed by atoms with E-state index in [4.69, 9.17) is 21.6 Å². The van der Waals surface area contributed by atoms with Gasteiger partial charge in [-0.15, -0.1) is 0 Å². The topological polar surface area (TPSA) is 62.1 Å². The predicted octanol–water partition coefficient (Wildman–Crippen LogP) is 6.60. The molecule has 1 aliphatic heterocycles. The Morgan fingerprint density at radius 1 is 0.970 bits per heavy atom. The summed E-state index contributed by atoms with van der Waals surface area (Å²) in [5.74, 6) is 0. The van der Waals surface area contributed by atoms with Crippen molar-refractivity contribution in [2.45, 2.75) is 47.4 Å². The zero-order valence-electron chi connectivity index (χ0n) is 18.2. The van der Waals surface area contributed by atoms with Crippen LogP contribution >= 0.6 is 23.4 Å². The highest BCUT2D eigenvalue weighted by Crippen LogP contribution is 2.33. The van der Waals surface area contributed by atoms with Gasteiger partial charge in [0, 0.05) is 14.8 Å². The second kappa shape index (κ2) is 10.8. The van der Waals surface area contributed by atoms with Gasteiger partial charge in [-0.2, -0.15) is 5.26 Å². The third kappa shape index (κ3) is 6.31. The molecule has 1 aliphatic rings. The molecule has 1 heterocycles. The molecule has 1 amide bonds. The van der Waals surface area contributed by atoms with Crippen molar-refractivity contribution < 1.29 is 9.53 Å². The van der Waals surface area contributed by atoms with Crippen LogP contribution in [0.1, 0.15) is 29.5 Å². The molecule has 6 heteroatoms. The molecule has 0 aliphatic carbocycles. The molecule has 0 aromatic heterocycles. The number of nitrogens with one attached hydrogen (secondary N) is 1. The van der Waals surface area contributed by atoms with Gasteiger partial charge in [-0.1, -0.05) is 71.9 Å². The fourth-order valence-corrected chi connectivity index (χ4v) is 5.25. The van der Waals surface area contributed by atoms with Crippen molar-refractivity contribution in [3.05, 3.63) is 94.5 Å². The first-order valence-corrected chi connectivity index (χ1v) is 12.2. The summed E-state index contributed by atoms with van der Waals surface area (Å²) in [5.41, 5.74) is 3.02. The van der Waals surface area contributed by atoms with E-state index in [-0.39, 0.29) is 13.0 Å². The summed E-state index contributed by atoms with van der Waals surface area (Å²) in [6.07, 6.45) is 3.03. The van der Waals surface area contributed by atoms with Gasteiger partial charge < -0.3 is 10.1 Å². The van der Waals surface area contributed by atoms with E-state index in [0.717, 1.165) is 23.3 Å². The second-order valence-corrected chi connectivity index (χ2v) is 9.86. The van der Waals surface area contributed by atoms with Gasteiger partial charge in [0.25, 0.3) is 0 Å². The van der Waals surface area contributed by atoms with E-state index < -0.39 is 11.6 Å². The van der Waals surface area contributed by atoms with E-state index in [1.165, 1.54) is 16.0 Å². The highest BCUT2D eigenvalue weighted by atomic mass is 35.5. The minimum absolute atomic E-state index is 0.213. The number of ether oxygens (including phenoxy) is 1. The van der Waals surface area contributed by atoms with Gasteiger partial charge in [-0.3, -0.25) is 0 Å². The molecule has 3 aromatic carbocycles. The molecule has 1 fully saturated rings. The minimum Gasteiger partial charge on any atom is -0.447 e. The summed E-state index contributed by atoms with van der Waals surface area (Å²) in [5, 5.41) is 12.6. The fraction of sp³-hybridized carbons (Fsp3) is 0.259. The van der Waals surface area contributed by atoms with Crippen molar-refractivity contribution in [2.24, 2.45) is 0 Å². The maximum Gasteiger partial charge on any atom is 0.407 e. The van der Waals surface area contributed by atoms with Gasteiger partial charge in [-0.05, 0) is 66.6 Å². The van der Waals surface area contributed by atoms with Crippen LogP contribution in [0.5, 0.6) is 0 Å². The van der Waals surface area contributed by atoms with Crippen LogP contribution in [0.25, 0.3) is 0 Å². The number of rotatable bonds is 9. The van der Waals surface area contributed by atoms with Crippen LogP contribution < -0.4 is 5.32 Å².